The molecule has 0 spiro atoms. The first-order valence-electron chi connectivity index (χ1n) is 4.92. The molecule has 2 rings (SSSR count). The molecule has 1 aromatic heterocycles. The minimum Gasteiger partial charge on any atom is -0.476 e. The van der Waals surface area contributed by atoms with Crippen molar-refractivity contribution in [2.24, 2.45) is 0 Å². The van der Waals surface area contributed by atoms with Crippen LogP contribution in [0, 0.1) is 0 Å². The van der Waals surface area contributed by atoms with Crippen LogP contribution in [0.3, 0.4) is 0 Å². The van der Waals surface area contributed by atoms with Gasteiger partial charge in [-0.05, 0) is 25.9 Å². The van der Waals surface area contributed by atoms with Gasteiger partial charge < -0.3 is 15.7 Å². The Bertz CT molecular complexity index is 347. The van der Waals surface area contributed by atoms with E-state index in [9.17, 15) is 4.79 Å². The molecule has 0 bridgehead atoms. The third-order valence-electron chi connectivity index (χ3n) is 2.39. The molecule has 1 fully saturated rings. The number of carboxylic acids is 1. The molecule has 0 amide bonds. The molecule has 1 aliphatic rings. The van der Waals surface area contributed by atoms with Gasteiger partial charge in [0.1, 0.15) is 0 Å². The van der Waals surface area contributed by atoms with E-state index in [0.717, 1.165) is 25.9 Å². The molecule has 5 nitrogen and oxygen atoms in total. The summed E-state index contributed by atoms with van der Waals surface area (Å²) >= 11 is 1.35. The minimum atomic E-state index is -0.968. The number of piperidine rings is 1. The highest BCUT2D eigenvalue weighted by molar-refractivity contribution is 7.13. The highest BCUT2D eigenvalue weighted by Gasteiger charge is 2.15. The van der Waals surface area contributed by atoms with Gasteiger partial charge in [-0.15, -0.1) is 11.3 Å². The summed E-state index contributed by atoms with van der Waals surface area (Å²) in [6.45, 7) is 2.02. The van der Waals surface area contributed by atoms with Crippen molar-refractivity contribution in [2.45, 2.75) is 18.9 Å². The molecule has 0 unspecified atom stereocenters. The fourth-order valence-corrected chi connectivity index (χ4v) is 2.34. The van der Waals surface area contributed by atoms with E-state index in [1.165, 1.54) is 11.3 Å². The minimum absolute atomic E-state index is 0.122. The predicted molar refractivity (Wildman–Crippen MR) is 58.6 cm³/mol. The fraction of sp³-hybridized carbons (Fsp3) is 0.556. The first kappa shape index (κ1) is 10.4. The average molecular weight is 227 g/mol. The Balaban J connectivity index is 1.94. The number of carboxylic acid groups (broad SMARTS) is 1. The van der Waals surface area contributed by atoms with E-state index in [1.54, 1.807) is 5.38 Å². The molecule has 1 saturated heterocycles. The van der Waals surface area contributed by atoms with E-state index in [0.29, 0.717) is 11.2 Å². The van der Waals surface area contributed by atoms with Crippen molar-refractivity contribution in [1.82, 2.24) is 10.3 Å². The van der Waals surface area contributed by atoms with Crippen molar-refractivity contribution in [2.75, 3.05) is 18.4 Å². The quantitative estimate of drug-likeness (QED) is 0.718. The van der Waals surface area contributed by atoms with Gasteiger partial charge in [-0.3, -0.25) is 0 Å². The van der Waals surface area contributed by atoms with Crippen molar-refractivity contribution in [3.05, 3.63) is 11.1 Å². The van der Waals surface area contributed by atoms with Crippen LogP contribution in [0.2, 0.25) is 0 Å². The highest BCUT2D eigenvalue weighted by Crippen LogP contribution is 2.18. The van der Waals surface area contributed by atoms with Gasteiger partial charge >= 0.3 is 5.97 Å². The Morgan fingerprint density at radius 3 is 2.93 bits per heavy atom. The summed E-state index contributed by atoms with van der Waals surface area (Å²) in [5.74, 6) is -0.968. The summed E-state index contributed by atoms with van der Waals surface area (Å²) in [4.78, 5) is 14.6. The number of hydrogen-bond donors (Lipinski definition) is 3. The van der Waals surface area contributed by atoms with E-state index >= 15 is 0 Å². The third-order valence-corrected chi connectivity index (χ3v) is 3.16. The monoisotopic (exact) mass is 227 g/mol. The Hall–Kier alpha value is -1.14. The Labute approximate surface area is 91.5 Å². The Morgan fingerprint density at radius 1 is 1.60 bits per heavy atom. The second-order valence-electron chi connectivity index (χ2n) is 3.51. The van der Waals surface area contributed by atoms with E-state index in [-0.39, 0.29) is 5.69 Å². The van der Waals surface area contributed by atoms with Crippen LogP contribution in [0.25, 0.3) is 0 Å². The van der Waals surface area contributed by atoms with E-state index in [2.05, 4.69) is 15.6 Å². The first-order valence-corrected chi connectivity index (χ1v) is 5.80. The molecule has 0 aromatic carbocycles. The number of thiazole rings is 1. The summed E-state index contributed by atoms with van der Waals surface area (Å²) in [5.41, 5.74) is 0.122. The molecular formula is C9H13N3O2S. The van der Waals surface area contributed by atoms with Gasteiger partial charge in [0.05, 0.1) is 0 Å². The molecule has 0 atom stereocenters. The molecule has 1 aromatic rings. The number of nitrogens with zero attached hydrogens (tertiary/aromatic N) is 1. The maximum absolute atomic E-state index is 10.6. The number of carbonyl (C=O) groups is 1. The molecule has 0 radical (unpaired) electrons. The van der Waals surface area contributed by atoms with Crippen LogP contribution in [-0.2, 0) is 0 Å². The van der Waals surface area contributed by atoms with E-state index in [4.69, 9.17) is 5.11 Å². The van der Waals surface area contributed by atoms with Crippen LogP contribution in [0.15, 0.2) is 5.38 Å². The van der Waals surface area contributed by atoms with Crippen molar-refractivity contribution >= 4 is 22.4 Å². The summed E-state index contributed by atoms with van der Waals surface area (Å²) in [7, 11) is 0. The van der Waals surface area contributed by atoms with Crippen LogP contribution < -0.4 is 10.6 Å². The standard InChI is InChI=1S/C9H13N3O2S/c13-8(14)7-5-15-9(12-7)11-6-1-3-10-4-2-6/h5-6,10H,1-4H2,(H,11,12)(H,13,14). The summed E-state index contributed by atoms with van der Waals surface area (Å²) in [6.07, 6.45) is 2.12. The number of rotatable bonds is 3. The molecule has 0 saturated carbocycles. The second kappa shape index (κ2) is 4.59. The van der Waals surface area contributed by atoms with Crippen molar-refractivity contribution in [1.29, 1.82) is 0 Å². The van der Waals surface area contributed by atoms with Crippen LogP contribution in [0.1, 0.15) is 23.3 Å². The van der Waals surface area contributed by atoms with Crippen LogP contribution >= 0.6 is 11.3 Å². The topological polar surface area (TPSA) is 74.2 Å². The van der Waals surface area contributed by atoms with E-state index < -0.39 is 5.97 Å². The number of aromatic carboxylic acids is 1. The molecule has 0 aliphatic carbocycles. The second-order valence-corrected chi connectivity index (χ2v) is 4.37. The number of hydrogen-bond acceptors (Lipinski definition) is 5. The average Bonchev–Trinajstić information content (AvgIpc) is 2.68. The summed E-state index contributed by atoms with van der Waals surface area (Å²) in [5, 5.41) is 17.5. The summed E-state index contributed by atoms with van der Waals surface area (Å²) in [6, 6.07) is 0.416. The Kier molecular flexibility index (Phi) is 3.17. The third kappa shape index (κ3) is 2.66. The smallest absolute Gasteiger partial charge is 0.355 e. The van der Waals surface area contributed by atoms with Crippen LogP contribution in [0.4, 0.5) is 5.13 Å². The molecule has 15 heavy (non-hydrogen) atoms. The zero-order valence-corrected chi connectivity index (χ0v) is 9.01. The first-order chi connectivity index (χ1) is 7.25. The van der Waals surface area contributed by atoms with Gasteiger partial charge in [-0.25, -0.2) is 9.78 Å². The molecule has 3 N–H and O–H groups in total. The zero-order valence-electron chi connectivity index (χ0n) is 8.19. The van der Waals surface area contributed by atoms with Crippen molar-refractivity contribution < 1.29 is 9.90 Å². The number of nitrogens with one attached hydrogen (secondary N) is 2. The maximum atomic E-state index is 10.6. The molecule has 1 aliphatic heterocycles. The molecular weight excluding hydrogens is 214 g/mol. The van der Waals surface area contributed by atoms with Gasteiger partial charge in [0.15, 0.2) is 10.8 Å². The Morgan fingerprint density at radius 2 is 2.33 bits per heavy atom. The number of aromatic nitrogens is 1. The van der Waals surface area contributed by atoms with Gasteiger partial charge in [0.2, 0.25) is 0 Å². The van der Waals surface area contributed by atoms with Gasteiger partial charge in [-0.1, -0.05) is 0 Å². The van der Waals surface area contributed by atoms with Gasteiger partial charge in [0, 0.05) is 11.4 Å². The number of anilines is 1. The molecule has 82 valence electrons. The summed E-state index contributed by atoms with van der Waals surface area (Å²) < 4.78 is 0. The lowest BCUT2D eigenvalue weighted by atomic mass is 10.1. The lowest BCUT2D eigenvalue weighted by molar-refractivity contribution is 0.0691. The largest absolute Gasteiger partial charge is 0.476 e. The van der Waals surface area contributed by atoms with E-state index in [1.807, 2.05) is 0 Å². The fourth-order valence-electron chi connectivity index (χ4n) is 1.58. The normalized spacial score (nSPS) is 17.6. The predicted octanol–water partition coefficient (Wildman–Crippen LogP) is 1.01. The lowest BCUT2D eigenvalue weighted by Gasteiger charge is -2.23. The zero-order chi connectivity index (χ0) is 10.7. The molecule has 6 heteroatoms. The van der Waals surface area contributed by atoms with Crippen molar-refractivity contribution in [3.8, 4) is 0 Å². The van der Waals surface area contributed by atoms with Gasteiger partial charge in [-0.2, -0.15) is 0 Å². The molecule has 2 heterocycles. The maximum Gasteiger partial charge on any atom is 0.355 e. The SMILES string of the molecule is O=C(O)c1csc(NC2CCNCC2)n1. The van der Waals surface area contributed by atoms with Crippen LogP contribution in [-0.4, -0.2) is 35.2 Å². The van der Waals surface area contributed by atoms with Crippen LogP contribution in [0.5, 0.6) is 0 Å². The van der Waals surface area contributed by atoms with Crippen molar-refractivity contribution in [3.63, 3.8) is 0 Å². The highest BCUT2D eigenvalue weighted by atomic mass is 32.1. The lowest BCUT2D eigenvalue weighted by Crippen LogP contribution is -2.35. The van der Waals surface area contributed by atoms with Gasteiger partial charge in [0.25, 0.3) is 0 Å².